The zero-order valence-electron chi connectivity index (χ0n) is 11.3. The van der Waals surface area contributed by atoms with E-state index in [0.717, 1.165) is 0 Å². The highest BCUT2D eigenvalue weighted by Gasteiger charge is 2.29. The van der Waals surface area contributed by atoms with Crippen LogP contribution in [0.2, 0.25) is 0 Å². The summed E-state index contributed by atoms with van der Waals surface area (Å²) in [4.78, 5) is 13.4. The predicted molar refractivity (Wildman–Crippen MR) is 70.8 cm³/mol. The van der Waals surface area contributed by atoms with E-state index in [0.29, 0.717) is 39.3 Å². The second kappa shape index (κ2) is 6.49. The summed E-state index contributed by atoms with van der Waals surface area (Å²) in [6, 6.07) is 0. The van der Waals surface area contributed by atoms with E-state index in [1.54, 1.807) is 13.8 Å². The van der Waals surface area contributed by atoms with Crippen LogP contribution in [0.3, 0.4) is 0 Å². The fraction of sp³-hybridized carbons (Fsp3) is 0.909. The maximum absolute atomic E-state index is 11.9. The molecule has 18 heavy (non-hydrogen) atoms. The number of hydrogen-bond donors (Lipinski definition) is 1. The highest BCUT2D eigenvalue weighted by molar-refractivity contribution is 7.89. The quantitative estimate of drug-likeness (QED) is 0.734. The Balaban J connectivity index is 2.44. The first kappa shape index (κ1) is 15.4. The van der Waals surface area contributed by atoms with Crippen molar-refractivity contribution in [1.29, 1.82) is 0 Å². The van der Waals surface area contributed by atoms with E-state index in [1.807, 2.05) is 11.8 Å². The second-order valence-corrected chi connectivity index (χ2v) is 7.21. The number of piperazine rings is 1. The molecule has 1 amide bonds. The molecule has 0 radical (unpaired) electrons. The molecular weight excluding hydrogens is 254 g/mol. The molecule has 0 aromatic rings. The van der Waals surface area contributed by atoms with Crippen molar-refractivity contribution in [2.75, 3.05) is 39.3 Å². The van der Waals surface area contributed by atoms with E-state index >= 15 is 0 Å². The molecule has 1 heterocycles. The minimum absolute atomic E-state index is 0.00216. The van der Waals surface area contributed by atoms with Crippen LogP contribution in [-0.4, -0.2) is 68.0 Å². The fourth-order valence-corrected chi connectivity index (χ4v) is 3.16. The maximum Gasteiger partial charge on any atom is 0.234 e. The van der Waals surface area contributed by atoms with Crippen molar-refractivity contribution in [2.45, 2.75) is 26.0 Å². The van der Waals surface area contributed by atoms with Gasteiger partial charge in [-0.05, 0) is 20.8 Å². The Bertz CT molecular complexity index is 373. The lowest BCUT2D eigenvalue weighted by Crippen LogP contribution is -2.52. The van der Waals surface area contributed by atoms with Gasteiger partial charge in [0.1, 0.15) is 0 Å². The smallest absolute Gasteiger partial charge is 0.234 e. The fourth-order valence-electron chi connectivity index (χ4n) is 1.90. The summed E-state index contributed by atoms with van der Waals surface area (Å²) in [5, 5.41) is 2.36. The summed E-state index contributed by atoms with van der Waals surface area (Å²) in [7, 11) is -3.16. The standard InChI is InChI=1S/C11H23N3O3S/c1-4-12-11(15)9-13-5-7-14(8-6-13)18(16,17)10(2)3/h10H,4-9H2,1-3H3,(H,12,15). The van der Waals surface area contributed by atoms with Crippen LogP contribution in [0.5, 0.6) is 0 Å². The summed E-state index contributed by atoms with van der Waals surface area (Å²) in [6.45, 7) is 8.41. The lowest BCUT2D eigenvalue weighted by Gasteiger charge is -2.34. The van der Waals surface area contributed by atoms with Crippen LogP contribution in [0.4, 0.5) is 0 Å². The molecule has 0 unspecified atom stereocenters. The minimum Gasteiger partial charge on any atom is -0.355 e. The van der Waals surface area contributed by atoms with Gasteiger partial charge in [0.2, 0.25) is 15.9 Å². The van der Waals surface area contributed by atoms with Crippen molar-refractivity contribution in [1.82, 2.24) is 14.5 Å². The minimum atomic E-state index is -3.16. The molecule has 106 valence electrons. The number of sulfonamides is 1. The lowest BCUT2D eigenvalue weighted by atomic mass is 10.3. The highest BCUT2D eigenvalue weighted by atomic mass is 32.2. The third-order valence-electron chi connectivity index (χ3n) is 3.03. The molecule has 7 heteroatoms. The summed E-state index contributed by atoms with van der Waals surface area (Å²) >= 11 is 0. The predicted octanol–water partition coefficient (Wildman–Crippen LogP) is -0.522. The molecule has 0 atom stereocenters. The van der Waals surface area contributed by atoms with Crippen molar-refractivity contribution in [3.63, 3.8) is 0 Å². The number of amides is 1. The van der Waals surface area contributed by atoms with Crippen molar-refractivity contribution in [3.05, 3.63) is 0 Å². The van der Waals surface area contributed by atoms with E-state index in [1.165, 1.54) is 4.31 Å². The van der Waals surface area contributed by atoms with Crippen molar-refractivity contribution in [3.8, 4) is 0 Å². The van der Waals surface area contributed by atoms with Gasteiger partial charge in [0.15, 0.2) is 0 Å². The third kappa shape index (κ3) is 3.93. The normalized spacial score (nSPS) is 19.1. The van der Waals surface area contributed by atoms with Crippen molar-refractivity contribution < 1.29 is 13.2 Å². The Labute approximate surface area is 109 Å². The van der Waals surface area contributed by atoms with Gasteiger partial charge < -0.3 is 5.32 Å². The molecule has 6 nitrogen and oxygen atoms in total. The van der Waals surface area contributed by atoms with Crippen LogP contribution in [0.1, 0.15) is 20.8 Å². The molecule has 0 aromatic heterocycles. The molecule has 0 aromatic carbocycles. The molecule has 1 aliphatic heterocycles. The SMILES string of the molecule is CCNC(=O)CN1CCN(S(=O)(=O)C(C)C)CC1. The molecule has 1 aliphatic rings. The number of hydrogen-bond acceptors (Lipinski definition) is 4. The van der Waals surface area contributed by atoms with E-state index in [4.69, 9.17) is 0 Å². The first-order valence-electron chi connectivity index (χ1n) is 6.36. The second-order valence-electron chi connectivity index (χ2n) is 4.72. The summed E-state index contributed by atoms with van der Waals surface area (Å²) in [5.74, 6) is -0.00216. The van der Waals surface area contributed by atoms with Gasteiger partial charge in [-0.15, -0.1) is 0 Å². The van der Waals surface area contributed by atoms with Crippen molar-refractivity contribution in [2.24, 2.45) is 0 Å². The monoisotopic (exact) mass is 277 g/mol. The first-order valence-corrected chi connectivity index (χ1v) is 7.86. The summed E-state index contributed by atoms with van der Waals surface area (Å²) < 4.78 is 25.4. The Morgan fingerprint density at radius 2 is 1.78 bits per heavy atom. The number of carbonyl (C=O) groups is 1. The molecule has 0 bridgehead atoms. The van der Waals surface area contributed by atoms with Crippen LogP contribution < -0.4 is 5.32 Å². The average molecular weight is 277 g/mol. The van der Waals surface area contributed by atoms with Gasteiger partial charge in [-0.25, -0.2) is 8.42 Å². The van der Waals surface area contributed by atoms with Gasteiger partial charge in [0.25, 0.3) is 0 Å². The molecule has 1 N–H and O–H groups in total. The molecule has 0 saturated carbocycles. The number of rotatable bonds is 5. The Morgan fingerprint density at radius 3 is 2.22 bits per heavy atom. The average Bonchev–Trinajstić information content (AvgIpc) is 2.29. The number of nitrogens with zero attached hydrogens (tertiary/aromatic N) is 2. The van der Waals surface area contributed by atoms with Gasteiger partial charge >= 0.3 is 0 Å². The molecule has 0 aliphatic carbocycles. The highest BCUT2D eigenvalue weighted by Crippen LogP contribution is 2.11. The van der Waals surface area contributed by atoms with E-state index < -0.39 is 10.0 Å². The van der Waals surface area contributed by atoms with E-state index in [-0.39, 0.29) is 11.2 Å². The van der Waals surface area contributed by atoms with Crippen LogP contribution in [-0.2, 0) is 14.8 Å². The lowest BCUT2D eigenvalue weighted by molar-refractivity contribution is -0.122. The number of carbonyl (C=O) groups excluding carboxylic acids is 1. The van der Waals surface area contributed by atoms with Gasteiger partial charge in [-0.2, -0.15) is 4.31 Å². The van der Waals surface area contributed by atoms with Gasteiger partial charge in [0.05, 0.1) is 11.8 Å². The van der Waals surface area contributed by atoms with Crippen LogP contribution in [0.15, 0.2) is 0 Å². The molecule has 1 fully saturated rings. The zero-order chi connectivity index (χ0) is 13.8. The zero-order valence-corrected chi connectivity index (χ0v) is 12.2. The number of likely N-dealkylation sites (N-methyl/N-ethyl adjacent to an activating group) is 1. The van der Waals surface area contributed by atoms with Gasteiger partial charge in [0, 0.05) is 32.7 Å². The Kier molecular flexibility index (Phi) is 5.55. The van der Waals surface area contributed by atoms with Crippen LogP contribution in [0, 0.1) is 0 Å². The third-order valence-corrected chi connectivity index (χ3v) is 5.30. The number of nitrogens with one attached hydrogen (secondary N) is 1. The Hall–Kier alpha value is -0.660. The molecule has 1 rings (SSSR count). The largest absolute Gasteiger partial charge is 0.355 e. The van der Waals surface area contributed by atoms with Gasteiger partial charge in [-0.1, -0.05) is 0 Å². The molecular formula is C11H23N3O3S. The first-order chi connectivity index (χ1) is 8.37. The van der Waals surface area contributed by atoms with E-state index in [2.05, 4.69) is 5.32 Å². The van der Waals surface area contributed by atoms with Crippen LogP contribution >= 0.6 is 0 Å². The Morgan fingerprint density at radius 1 is 1.22 bits per heavy atom. The van der Waals surface area contributed by atoms with E-state index in [9.17, 15) is 13.2 Å². The molecule has 0 spiro atoms. The topological polar surface area (TPSA) is 69.7 Å². The summed E-state index contributed by atoms with van der Waals surface area (Å²) in [6.07, 6.45) is 0. The summed E-state index contributed by atoms with van der Waals surface area (Å²) in [5.41, 5.74) is 0. The van der Waals surface area contributed by atoms with Gasteiger partial charge in [-0.3, -0.25) is 9.69 Å². The molecule has 1 saturated heterocycles. The maximum atomic E-state index is 11.9. The van der Waals surface area contributed by atoms with Crippen LogP contribution in [0.25, 0.3) is 0 Å². The van der Waals surface area contributed by atoms with Crippen molar-refractivity contribution >= 4 is 15.9 Å².